The van der Waals surface area contributed by atoms with Crippen molar-refractivity contribution in [2.24, 2.45) is 4.99 Å². The molecule has 0 bridgehead atoms. The first-order chi connectivity index (χ1) is 12.0. The first-order valence-corrected chi connectivity index (χ1v) is 9.11. The van der Waals surface area contributed by atoms with Crippen molar-refractivity contribution >= 4 is 27.3 Å². The zero-order valence-electron chi connectivity index (χ0n) is 14.5. The third kappa shape index (κ3) is 5.03. The average molecular weight is 376 g/mol. The largest absolute Gasteiger partial charge is 0.858 e. The highest BCUT2D eigenvalue weighted by atomic mass is 32.2. The van der Waals surface area contributed by atoms with Crippen LogP contribution in [0.2, 0.25) is 0 Å². The van der Waals surface area contributed by atoms with E-state index in [-0.39, 0.29) is 21.8 Å². The van der Waals surface area contributed by atoms with Crippen LogP contribution in [-0.4, -0.2) is 24.8 Å². The molecule has 0 saturated carbocycles. The minimum atomic E-state index is -3.95. The summed E-state index contributed by atoms with van der Waals surface area (Å²) in [5.74, 6) is -0.450. The number of rotatable bonds is 5. The number of non-ortho nitro benzene ring substituents is 1. The molecule has 26 heavy (non-hydrogen) atoms. The molecule has 2 rings (SSSR count). The van der Waals surface area contributed by atoms with Gasteiger partial charge in [0.25, 0.3) is 15.7 Å². The molecule has 0 aliphatic heterocycles. The molecular weight excluding hydrogens is 358 g/mol. The van der Waals surface area contributed by atoms with Crippen molar-refractivity contribution < 1.29 is 18.4 Å². The molecule has 0 atom stereocenters. The minimum Gasteiger partial charge on any atom is -0.858 e. The van der Waals surface area contributed by atoms with Gasteiger partial charge in [-0.25, -0.2) is 8.42 Å². The summed E-state index contributed by atoms with van der Waals surface area (Å²) >= 11 is 0. The second kappa shape index (κ2) is 7.12. The van der Waals surface area contributed by atoms with Crippen molar-refractivity contribution in [3.8, 4) is 0 Å². The summed E-state index contributed by atoms with van der Waals surface area (Å²) in [7, 11) is -3.95. The van der Waals surface area contributed by atoms with Crippen LogP contribution in [0.15, 0.2) is 58.4 Å². The number of hydrogen-bond acceptors (Lipinski definition) is 6. The normalized spacial score (nSPS) is 12.7. The molecule has 0 saturated heterocycles. The van der Waals surface area contributed by atoms with E-state index in [4.69, 9.17) is 0 Å². The van der Waals surface area contributed by atoms with E-state index in [0.717, 1.165) is 24.3 Å². The molecule has 0 fully saturated rings. The molecule has 2 aromatic rings. The molecule has 138 valence electrons. The molecule has 8 nitrogen and oxygen atoms in total. The van der Waals surface area contributed by atoms with E-state index in [0.29, 0.717) is 0 Å². The van der Waals surface area contributed by atoms with Gasteiger partial charge in [0.1, 0.15) is 0 Å². The Kier molecular flexibility index (Phi) is 5.31. The molecular formula is C17H18N3O5S-. The Bertz CT molecular complexity index is 945. The van der Waals surface area contributed by atoms with E-state index in [1.165, 1.54) is 12.1 Å². The van der Waals surface area contributed by atoms with Gasteiger partial charge >= 0.3 is 0 Å². The molecule has 0 aliphatic rings. The Labute approximate surface area is 151 Å². The van der Waals surface area contributed by atoms with E-state index in [2.05, 4.69) is 9.71 Å². The average Bonchev–Trinajstić information content (AvgIpc) is 2.53. The van der Waals surface area contributed by atoms with Crippen LogP contribution in [0.1, 0.15) is 26.3 Å². The number of benzene rings is 2. The topological polar surface area (TPSA) is 125 Å². The summed E-state index contributed by atoms with van der Waals surface area (Å²) in [5, 5.41) is 22.8. The van der Waals surface area contributed by atoms with Crippen LogP contribution < -0.4 is 9.83 Å². The van der Waals surface area contributed by atoms with Gasteiger partial charge in [0.05, 0.1) is 15.4 Å². The minimum absolute atomic E-state index is 0.126. The van der Waals surface area contributed by atoms with Gasteiger partial charge < -0.3 is 5.11 Å². The molecule has 0 unspecified atom stereocenters. The zero-order valence-corrected chi connectivity index (χ0v) is 15.3. The molecule has 0 aromatic heterocycles. The van der Waals surface area contributed by atoms with Crippen LogP contribution in [0.5, 0.6) is 0 Å². The lowest BCUT2D eigenvalue weighted by Crippen LogP contribution is -2.25. The molecule has 0 amide bonds. The first-order valence-electron chi connectivity index (χ1n) is 7.62. The van der Waals surface area contributed by atoms with E-state index >= 15 is 0 Å². The maximum absolute atomic E-state index is 12.4. The summed E-state index contributed by atoms with van der Waals surface area (Å²) < 4.78 is 27.2. The van der Waals surface area contributed by atoms with Crippen LogP contribution >= 0.6 is 0 Å². The van der Waals surface area contributed by atoms with Gasteiger partial charge in [-0.2, -0.15) is 0 Å². The first kappa shape index (κ1) is 19.4. The Balaban J connectivity index is 2.28. The van der Waals surface area contributed by atoms with Gasteiger partial charge in [0.15, 0.2) is 0 Å². The number of nitro benzene ring substituents is 1. The molecule has 2 aromatic carbocycles. The number of nitrogens with one attached hydrogen (secondary N) is 1. The molecule has 9 heteroatoms. The lowest BCUT2D eigenvalue weighted by molar-refractivity contribution is -0.384. The summed E-state index contributed by atoms with van der Waals surface area (Å²) in [6.45, 7) is 5.35. The van der Waals surface area contributed by atoms with Crippen LogP contribution in [0.4, 0.5) is 11.4 Å². The summed E-state index contributed by atoms with van der Waals surface area (Å²) in [6.07, 6.45) is 0. The van der Waals surface area contributed by atoms with Crippen LogP contribution in [0, 0.1) is 10.1 Å². The fourth-order valence-corrected chi connectivity index (χ4v) is 3.10. The van der Waals surface area contributed by atoms with Crippen molar-refractivity contribution in [3.05, 3.63) is 64.2 Å². The van der Waals surface area contributed by atoms with Gasteiger partial charge in [-0.1, -0.05) is 12.1 Å². The molecule has 0 radical (unpaired) electrons. The highest BCUT2D eigenvalue weighted by Crippen LogP contribution is 2.20. The van der Waals surface area contributed by atoms with Gasteiger partial charge in [0, 0.05) is 17.8 Å². The number of nitro groups is 1. The maximum Gasteiger partial charge on any atom is 0.269 e. The van der Waals surface area contributed by atoms with Gasteiger partial charge in [-0.05, 0) is 56.5 Å². The van der Waals surface area contributed by atoms with Crippen LogP contribution in [0.3, 0.4) is 0 Å². The molecule has 0 heterocycles. The number of hydrogen-bond donors (Lipinski definition) is 1. The second-order valence-corrected chi connectivity index (χ2v) is 8.21. The van der Waals surface area contributed by atoms with Crippen molar-refractivity contribution in [1.82, 2.24) is 0 Å². The number of sulfonamides is 1. The Morgan fingerprint density at radius 2 is 1.73 bits per heavy atom. The number of nitrogens with zero attached hydrogens (tertiary/aromatic N) is 2. The molecule has 0 aliphatic carbocycles. The number of anilines is 1. The molecule has 0 spiro atoms. The van der Waals surface area contributed by atoms with E-state index < -0.39 is 26.4 Å². The van der Waals surface area contributed by atoms with E-state index in [1.54, 1.807) is 32.9 Å². The lowest BCUT2D eigenvalue weighted by Gasteiger charge is -2.20. The van der Waals surface area contributed by atoms with Crippen molar-refractivity contribution in [2.75, 3.05) is 4.72 Å². The Hall–Kier alpha value is -2.94. The van der Waals surface area contributed by atoms with Gasteiger partial charge in [-0.15, -0.1) is 0 Å². The van der Waals surface area contributed by atoms with Crippen molar-refractivity contribution in [1.29, 1.82) is 0 Å². The maximum atomic E-state index is 12.4. The number of aliphatic imine (C=N–C) groups is 1. The highest BCUT2D eigenvalue weighted by Gasteiger charge is 2.16. The van der Waals surface area contributed by atoms with Crippen LogP contribution in [-0.2, 0) is 10.0 Å². The summed E-state index contributed by atoms with van der Waals surface area (Å²) in [4.78, 5) is 13.9. The third-order valence-electron chi connectivity index (χ3n) is 3.16. The van der Waals surface area contributed by atoms with Crippen molar-refractivity contribution in [3.63, 3.8) is 0 Å². The zero-order chi connectivity index (χ0) is 19.5. The second-order valence-electron chi connectivity index (χ2n) is 6.53. The van der Waals surface area contributed by atoms with E-state index in [1.807, 2.05) is 0 Å². The lowest BCUT2D eigenvalue weighted by atomic mass is 10.1. The quantitative estimate of drug-likeness (QED) is 0.371. The fourth-order valence-electron chi connectivity index (χ4n) is 2.05. The highest BCUT2D eigenvalue weighted by molar-refractivity contribution is 7.92. The van der Waals surface area contributed by atoms with Crippen LogP contribution in [0.25, 0.3) is 0 Å². The third-order valence-corrected chi connectivity index (χ3v) is 4.55. The fraction of sp³-hybridized carbons (Fsp3) is 0.235. The molecule has 1 N–H and O–H groups in total. The van der Waals surface area contributed by atoms with Gasteiger partial charge in [-0.3, -0.25) is 19.8 Å². The predicted molar refractivity (Wildman–Crippen MR) is 96.6 cm³/mol. The smallest absolute Gasteiger partial charge is 0.269 e. The van der Waals surface area contributed by atoms with E-state index in [9.17, 15) is 23.6 Å². The van der Waals surface area contributed by atoms with Crippen molar-refractivity contribution in [2.45, 2.75) is 31.2 Å². The predicted octanol–water partition coefficient (Wildman–Crippen LogP) is 2.30. The summed E-state index contributed by atoms with van der Waals surface area (Å²) in [6, 6.07) is 10.5. The standard InChI is InChI=1S/C17H19N3O5S/c1-17(2,3)18-16(21)12-5-4-6-13(11-12)19-26(24,25)15-9-7-14(8-10-15)20(22)23/h4-11,19H,1-3H3,(H,18,21)/p-1. The monoisotopic (exact) mass is 376 g/mol. The Morgan fingerprint density at radius 3 is 2.27 bits per heavy atom. The Morgan fingerprint density at radius 1 is 1.12 bits per heavy atom. The SMILES string of the molecule is CC(C)(C)N=C([O-])c1cccc(NS(=O)(=O)c2ccc([N+](=O)[O-])cc2)c1. The van der Waals surface area contributed by atoms with Gasteiger partial charge in [0.2, 0.25) is 0 Å². The summed E-state index contributed by atoms with van der Waals surface area (Å²) in [5.41, 5.74) is -0.312.